The van der Waals surface area contributed by atoms with Crippen LogP contribution in [0.25, 0.3) is 0 Å². The van der Waals surface area contributed by atoms with E-state index in [-0.39, 0.29) is 36.5 Å². The quantitative estimate of drug-likeness (QED) is 0.810. The maximum atomic E-state index is 12.7. The second-order valence-corrected chi connectivity index (χ2v) is 6.94. The molecule has 0 aromatic heterocycles. The van der Waals surface area contributed by atoms with Crippen LogP contribution < -0.4 is 0 Å². The largest absolute Gasteiger partial charge is 0.394 e. The van der Waals surface area contributed by atoms with E-state index in [0.29, 0.717) is 26.1 Å². The summed E-state index contributed by atoms with van der Waals surface area (Å²) in [6.45, 7) is 9.03. The Morgan fingerprint density at radius 3 is 2.62 bits per heavy atom. The van der Waals surface area contributed by atoms with Gasteiger partial charge in [0.1, 0.15) is 0 Å². The summed E-state index contributed by atoms with van der Waals surface area (Å²) < 4.78 is 5.73. The summed E-state index contributed by atoms with van der Waals surface area (Å²) in [4.78, 5) is 28.1. The number of carbonyl (C=O) groups excluding carboxylic acids is 2. The molecule has 21 heavy (non-hydrogen) atoms. The number of hydrogen-bond donors (Lipinski definition) is 1. The van der Waals surface area contributed by atoms with Crippen molar-refractivity contribution in [2.24, 2.45) is 5.92 Å². The van der Waals surface area contributed by atoms with Crippen LogP contribution in [-0.2, 0) is 14.3 Å². The standard InChI is InChI=1S/C15H26N2O4/c1-10(2)17-6-11(5-13(17)19)14(20)16-7-12(8-18)21-15(3,4)9-16/h10-12,18H,5-9H2,1-4H3. The highest BCUT2D eigenvalue weighted by Gasteiger charge is 2.41. The van der Waals surface area contributed by atoms with E-state index in [1.165, 1.54) is 0 Å². The fourth-order valence-electron chi connectivity index (χ4n) is 3.21. The second kappa shape index (κ2) is 5.93. The van der Waals surface area contributed by atoms with Crippen LogP contribution in [0.4, 0.5) is 0 Å². The van der Waals surface area contributed by atoms with Gasteiger partial charge < -0.3 is 19.6 Å². The maximum Gasteiger partial charge on any atom is 0.228 e. The van der Waals surface area contributed by atoms with Gasteiger partial charge in [-0.15, -0.1) is 0 Å². The number of nitrogens with zero attached hydrogens (tertiary/aromatic N) is 2. The van der Waals surface area contributed by atoms with E-state index in [2.05, 4.69) is 0 Å². The van der Waals surface area contributed by atoms with Crippen LogP contribution in [0.1, 0.15) is 34.1 Å². The fourth-order valence-corrected chi connectivity index (χ4v) is 3.21. The van der Waals surface area contributed by atoms with Crippen LogP contribution >= 0.6 is 0 Å². The summed E-state index contributed by atoms with van der Waals surface area (Å²) >= 11 is 0. The zero-order valence-corrected chi connectivity index (χ0v) is 13.3. The molecule has 120 valence electrons. The molecule has 0 radical (unpaired) electrons. The molecule has 0 aromatic carbocycles. The Hall–Kier alpha value is -1.14. The average Bonchev–Trinajstić information content (AvgIpc) is 2.78. The summed E-state index contributed by atoms with van der Waals surface area (Å²) in [6.07, 6.45) is -0.0607. The van der Waals surface area contributed by atoms with Crippen molar-refractivity contribution in [3.05, 3.63) is 0 Å². The van der Waals surface area contributed by atoms with Gasteiger partial charge in [-0.3, -0.25) is 9.59 Å². The number of aliphatic hydroxyl groups is 1. The van der Waals surface area contributed by atoms with Crippen molar-refractivity contribution in [3.8, 4) is 0 Å². The Morgan fingerprint density at radius 1 is 1.43 bits per heavy atom. The number of carbonyl (C=O) groups is 2. The van der Waals surface area contributed by atoms with Crippen molar-refractivity contribution in [1.29, 1.82) is 0 Å². The van der Waals surface area contributed by atoms with Crippen molar-refractivity contribution in [2.45, 2.75) is 51.9 Å². The van der Waals surface area contributed by atoms with Gasteiger partial charge in [0.25, 0.3) is 0 Å². The molecular formula is C15H26N2O4. The van der Waals surface area contributed by atoms with Crippen molar-refractivity contribution in [3.63, 3.8) is 0 Å². The lowest BCUT2D eigenvalue weighted by atomic mass is 10.0. The number of morpholine rings is 1. The molecule has 2 unspecified atom stereocenters. The minimum Gasteiger partial charge on any atom is -0.394 e. The molecule has 2 amide bonds. The van der Waals surface area contributed by atoms with E-state index in [4.69, 9.17) is 4.74 Å². The lowest BCUT2D eigenvalue weighted by Crippen LogP contribution is -2.56. The first-order valence-corrected chi connectivity index (χ1v) is 7.60. The zero-order chi connectivity index (χ0) is 15.8. The van der Waals surface area contributed by atoms with E-state index in [9.17, 15) is 14.7 Å². The third-order valence-electron chi connectivity index (χ3n) is 4.13. The Balaban J connectivity index is 2.04. The SMILES string of the molecule is CC(C)N1CC(C(=O)N2CC(CO)OC(C)(C)C2)CC1=O. The molecule has 6 heteroatoms. The summed E-state index contributed by atoms with van der Waals surface area (Å²) in [6, 6.07) is 0.127. The molecule has 2 atom stereocenters. The number of hydrogen-bond acceptors (Lipinski definition) is 4. The van der Waals surface area contributed by atoms with E-state index >= 15 is 0 Å². The van der Waals surface area contributed by atoms with E-state index in [1.807, 2.05) is 27.7 Å². The molecule has 0 spiro atoms. The summed E-state index contributed by atoms with van der Waals surface area (Å²) in [5.74, 6) is -0.218. The first-order valence-electron chi connectivity index (χ1n) is 7.60. The van der Waals surface area contributed by atoms with Crippen LogP contribution in [-0.4, -0.2) is 70.7 Å². The lowest BCUT2D eigenvalue weighted by Gasteiger charge is -2.43. The molecular weight excluding hydrogens is 272 g/mol. The number of aliphatic hydroxyl groups excluding tert-OH is 1. The molecule has 2 rings (SSSR count). The van der Waals surface area contributed by atoms with Crippen LogP contribution in [0.5, 0.6) is 0 Å². The number of likely N-dealkylation sites (tertiary alicyclic amines) is 1. The van der Waals surface area contributed by atoms with Crippen molar-refractivity contribution in [1.82, 2.24) is 9.80 Å². The summed E-state index contributed by atoms with van der Waals surface area (Å²) in [5.41, 5.74) is -0.471. The molecule has 0 aromatic rings. The summed E-state index contributed by atoms with van der Waals surface area (Å²) in [5, 5.41) is 9.32. The molecule has 2 fully saturated rings. The number of amides is 2. The van der Waals surface area contributed by atoms with Gasteiger partial charge in [0.2, 0.25) is 11.8 Å². The van der Waals surface area contributed by atoms with Gasteiger partial charge in [0, 0.05) is 32.1 Å². The van der Waals surface area contributed by atoms with Gasteiger partial charge in [-0.05, 0) is 27.7 Å². The minimum absolute atomic E-state index is 0.00123. The van der Waals surface area contributed by atoms with Crippen molar-refractivity contribution >= 4 is 11.8 Å². The zero-order valence-electron chi connectivity index (χ0n) is 13.3. The highest BCUT2D eigenvalue weighted by atomic mass is 16.5. The first-order chi connectivity index (χ1) is 9.73. The molecule has 2 saturated heterocycles. The van der Waals surface area contributed by atoms with Gasteiger partial charge in [-0.2, -0.15) is 0 Å². The van der Waals surface area contributed by atoms with Crippen LogP contribution in [0.2, 0.25) is 0 Å². The molecule has 0 saturated carbocycles. The monoisotopic (exact) mass is 298 g/mol. The number of ether oxygens (including phenoxy) is 1. The highest BCUT2D eigenvalue weighted by molar-refractivity contribution is 5.89. The normalized spacial score (nSPS) is 29.3. The molecule has 0 aliphatic carbocycles. The van der Waals surface area contributed by atoms with Gasteiger partial charge in [0.05, 0.1) is 24.2 Å². The predicted molar refractivity (Wildman–Crippen MR) is 77.6 cm³/mol. The molecule has 1 N–H and O–H groups in total. The highest BCUT2D eigenvalue weighted by Crippen LogP contribution is 2.26. The van der Waals surface area contributed by atoms with Crippen LogP contribution in [0.15, 0.2) is 0 Å². The van der Waals surface area contributed by atoms with Gasteiger partial charge in [-0.25, -0.2) is 0 Å². The van der Waals surface area contributed by atoms with Gasteiger partial charge >= 0.3 is 0 Å². The minimum atomic E-state index is -0.471. The third kappa shape index (κ3) is 3.55. The topological polar surface area (TPSA) is 70.1 Å². The molecule has 0 bridgehead atoms. The maximum absolute atomic E-state index is 12.7. The average molecular weight is 298 g/mol. The van der Waals surface area contributed by atoms with E-state index in [0.717, 1.165) is 0 Å². The third-order valence-corrected chi connectivity index (χ3v) is 4.13. The van der Waals surface area contributed by atoms with E-state index in [1.54, 1.807) is 9.80 Å². The molecule has 6 nitrogen and oxygen atoms in total. The number of rotatable bonds is 3. The Labute approximate surface area is 126 Å². The van der Waals surface area contributed by atoms with Crippen molar-refractivity contribution < 1.29 is 19.4 Å². The summed E-state index contributed by atoms with van der Waals surface area (Å²) in [7, 11) is 0. The molecule has 2 aliphatic heterocycles. The molecule has 2 heterocycles. The fraction of sp³-hybridized carbons (Fsp3) is 0.867. The lowest BCUT2D eigenvalue weighted by molar-refractivity contribution is -0.169. The molecule has 2 aliphatic rings. The Morgan fingerprint density at radius 2 is 2.10 bits per heavy atom. The Bertz CT molecular complexity index is 422. The Kier molecular flexibility index (Phi) is 4.58. The first kappa shape index (κ1) is 16.2. The van der Waals surface area contributed by atoms with Gasteiger partial charge in [-0.1, -0.05) is 0 Å². The smallest absolute Gasteiger partial charge is 0.228 e. The second-order valence-electron chi connectivity index (χ2n) is 6.94. The van der Waals surface area contributed by atoms with Crippen molar-refractivity contribution in [2.75, 3.05) is 26.2 Å². The van der Waals surface area contributed by atoms with Gasteiger partial charge in [0.15, 0.2) is 0 Å². The van der Waals surface area contributed by atoms with Crippen LogP contribution in [0, 0.1) is 5.92 Å². The predicted octanol–water partition coefficient (Wildman–Crippen LogP) is 0.242. The van der Waals surface area contributed by atoms with E-state index < -0.39 is 5.60 Å². The van der Waals surface area contributed by atoms with Crippen LogP contribution in [0.3, 0.4) is 0 Å².